The van der Waals surface area contributed by atoms with Crippen LogP contribution >= 0.6 is 0 Å². The number of hydrogen-bond acceptors (Lipinski definition) is 8. The van der Waals surface area contributed by atoms with Crippen molar-refractivity contribution < 1.29 is 38.0 Å². The third kappa shape index (κ3) is 10.8. The molecular formula is C47H80O8. The van der Waals surface area contributed by atoms with Crippen molar-refractivity contribution in [3.63, 3.8) is 0 Å². The Bertz CT molecular complexity index is 1080. The molecule has 8 heteroatoms. The van der Waals surface area contributed by atoms with Crippen LogP contribution in [0.2, 0.25) is 0 Å². The fourth-order valence-electron chi connectivity index (χ4n) is 11.6. The van der Waals surface area contributed by atoms with Crippen LogP contribution in [0.1, 0.15) is 182 Å². The maximum absolute atomic E-state index is 13.3. The number of carbonyl (C=O) groups is 1. The summed E-state index contributed by atoms with van der Waals surface area (Å²) in [6.07, 6.45) is 26.4. The van der Waals surface area contributed by atoms with E-state index >= 15 is 0 Å². The van der Waals surface area contributed by atoms with Crippen molar-refractivity contribution in [1.82, 2.24) is 0 Å². The van der Waals surface area contributed by atoms with Crippen molar-refractivity contribution in [2.75, 3.05) is 59.5 Å². The van der Waals surface area contributed by atoms with Gasteiger partial charge in [-0.1, -0.05) is 85.1 Å². The largest absolute Gasteiger partial charge is 0.455 e. The molecule has 3 heterocycles. The average Bonchev–Trinajstić information content (AvgIpc) is 3.09. The molecule has 7 aliphatic rings. The first-order valence-corrected chi connectivity index (χ1v) is 23.0. The number of unbranched alkanes of at least 4 members (excludes halogenated alkanes) is 9. The van der Waals surface area contributed by atoms with Crippen LogP contribution in [0.15, 0.2) is 12.2 Å². The smallest absolute Gasteiger partial charge is 0.333 e. The van der Waals surface area contributed by atoms with Gasteiger partial charge in [-0.05, 0) is 64.7 Å². The first-order valence-electron chi connectivity index (χ1n) is 23.0. The Kier molecular flexibility index (Phi) is 15.0. The second-order valence-electron chi connectivity index (χ2n) is 20.0. The monoisotopic (exact) mass is 773 g/mol. The summed E-state index contributed by atoms with van der Waals surface area (Å²) in [5, 5.41) is 0. The highest BCUT2D eigenvalue weighted by Crippen LogP contribution is 2.65. The summed E-state index contributed by atoms with van der Waals surface area (Å²) in [4.78, 5) is 13.3. The Morgan fingerprint density at radius 2 is 0.764 bits per heavy atom. The Labute approximate surface area is 335 Å². The quantitative estimate of drug-likeness (QED) is 0.0422. The minimum atomic E-state index is -0.664. The lowest BCUT2D eigenvalue weighted by molar-refractivity contribution is -0.327. The Morgan fingerprint density at radius 3 is 1.02 bits per heavy atom. The van der Waals surface area contributed by atoms with Crippen LogP contribution in [0.25, 0.3) is 0 Å². The van der Waals surface area contributed by atoms with Gasteiger partial charge in [0, 0.05) is 80.2 Å². The van der Waals surface area contributed by atoms with E-state index in [0.717, 1.165) is 117 Å². The average molecular weight is 773 g/mol. The standard InChI is InChI=1S/C47H80O8/c1-6-41(33-49-34-41)21-15-9-12-18-24-52-44-27-45(53-25-19-13-10-16-22-42(7-2)35-50-36-42)29-46(28-44,32-47(30-44,31-45)55-40(48)39(4)5)54-26-20-14-11-17-23-43(8-3)37-51-38-43/h4,6-38H2,1-3,5H3. The molecular weight excluding hydrogens is 693 g/mol. The van der Waals surface area contributed by atoms with E-state index in [1.807, 2.05) is 0 Å². The number of esters is 1. The van der Waals surface area contributed by atoms with Gasteiger partial charge in [0.25, 0.3) is 0 Å². The second-order valence-corrected chi connectivity index (χ2v) is 20.0. The van der Waals surface area contributed by atoms with Gasteiger partial charge in [0.05, 0.1) is 56.4 Å². The molecule has 3 saturated heterocycles. The molecule has 0 atom stereocenters. The summed E-state index contributed by atoms with van der Waals surface area (Å²) in [6.45, 7) is 20.4. The van der Waals surface area contributed by atoms with Gasteiger partial charge in [0.15, 0.2) is 0 Å². The minimum Gasteiger partial charge on any atom is -0.455 e. The van der Waals surface area contributed by atoms with Crippen molar-refractivity contribution >= 4 is 5.97 Å². The van der Waals surface area contributed by atoms with E-state index in [9.17, 15) is 4.79 Å². The summed E-state index contributed by atoms with van der Waals surface area (Å²) >= 11 is 0. The van der Waals surface area contributed by atoms with Gasteiger partial charge in [0.1, 0.15) is 5.60 Å². The zero-order chi connectivity index (χ0) is 38.9. The molecule has 316 valence electrons. The molecule has 55 heavy (non-hydrogen) atoms. The Balaban J connectivity index is 1.06. The number of hydrogen-bond donors (Lipinski definition) is 0. The summed E-state index contributed by atoms with van der Waals surface area (Å²) in [7, 11) is 0. The van der Waals surface area contributed by atoms with Crippen molar-refractivity contribution in [2.45, 2.75) is 204 Å². The molecule has 0 spiro atoms. The maximum atomic E-state index is 13.3. The van der Waals surface area contributed by atoms with Crippen LogP contribution in [0.3, 0.4) is 0 Å². The highest BCUT2D eigenvalue weighted by molar-refractivity contribution is 5.87. The molecule has 0 aromatic heterocycles. The van der Waals surface area contributed by atoms with E-state index in [-0.39, 0.29) is 5.97 Å². The lowest BCUT2D eigenvalue weighted by atomic mass is 9.48. The predicted molar refractivity (Wildman–Crippen MR) is 217 cm³/mol. The zero-order valence-corrected chi connectivity index (χ0v) is 35.8. The molecule has 7 fully saturated rings. The van der Waals surface area contributed by atoms with Gasteiger partial charge >= 0.3 is 5.97 Å². The van der Waals surface area contributed by atoms with Gasteiger partial charge in [-0.2, -0.15) is 0 Å². The molecule has 0 radical (unpaired) electrons. The lowest BCUT2D eigenvalue weighted by Gasteiger charge is -2.68. The normalized spacial score (nSPS) is 32.1. The van der Waals surface area contributed by atoms with Crippen molar-refractivity contribution in [3.8, 4) is 0 Å². The molecule has 4 aliphatic carbocycles. The number of rotatable bonds is 29. The van der Waals surface area contributed by atoms with Gasteiger partial charge in [-0.3, -0.25) is 0 Å². The van der Waals surface area contributed by atoms with Crippen molar-refractivity contribution in [1.29, 1.82) is 0 Å². The van der Waals surface area contributed by atoms with E-state index in [0.29, 0.717) is 21.8 Å². The molecule has 0 unspecified atom stereocenters. The van der Waals surface area contributed by atoms with E-state index in [1.54, 1.807) is 6.92 Å². The maximum Gasteiger partial charge on any atom is 0.333 e. The minimum absolute atomic E-state index is 0.299. The highest BCUT2D eigenvalue weighted by atomic mass is 16.6. The molecule has 0 N–H and O–H groups in total. The van der Waals surface area contributed by atoms with E-state index in [2.05, 4.69) is 27.4 Å². The summed E-state index contributed by atoms with van der Waals surface area (Å²) in [5.41, 5.74) is -0.176. The van der Waals surface area contributed by atoms with Crippen molar-refractivity contribution in [3.05, 3.63) is 12.2 Å². The van der Waals surface area contributed by atoms with Crippen LogP contribution in [-0.4, -0.2) is 87.8 Å². The first kappa shape index (κ1) is 43.5. The fraction of sp³-hybridized carbons (Fsp3) is 0.936. The first-order chi connectivity index (χ1) is 26.5. The third-order valence-electron chi connectivity index (χ3n) is 15.3. The van der Waals surface area contributed by atoms with Gasteiger partial charge < -0.3 is 33.2 Å². The molecule has 3 aliphatic heterocycles. The lowest BCUT2D eigenvalue weighted by Crippen LogP contribution is -2.74. The van der Waals surface area contributed by atoms with E-state index in [1.165, 1.54) is 96.3 Å². The zero-order valence-electron chi connectivity index (χ0n) is 35.8. The third-order valence-corrected chi connectivity index (χ3v) is 15.3. The predicted octanol–water partition coefficient (Wildman–Crippen LogP) is 10.6. The molecule has 7 rings (SSSR count). The van der Waals surface area contributed by atoms with Crippen LogP contribution in [0.5, 0.6) is 0 Å². The van der Waals surface area contributed by atoms with Crippen LogP contribution < -0.4 is 0 Å². The van der Waals surface area contributed by atoms with Crippen molar-refractivity contribution in [2.24, 2.45) is 16.2 Å². The highest BCUT2D eigenvalue weighted by Gasteiger charge is 2.72. The molecule has 4 saturated carbocycles. The summed E-state index contributed by atoms with van der Waals surface area (Å²) in [5.74, 6) is -0.299. The van der Waals surface area contributed by atoms with E-state index < -0.39 is 22.4 Å². The van der Waals surface area contributed by atoms with E-state index in [4.69, 9.17) is 33.2 Å². The molecule has 8 nitrogen and oxygen atoms in total. The van der Waals surface area contributed by atoms with Crippen LogP contribution in [-0.2, 0) is 38.0 Å². The molecule has 4 bridgehead atoms. The Hall–Kier alpha value is -1.03. The number of ether oxygens (including phenoxy) is 7. The van der Waals surface area contributed by atoms with Gasteiger partial charge in [0.2, 0.25) is 0 Å². The number of carbonyl (C=O) groups excluding carboxylic acids is 1. The SMILES string of the molecule is C=C(C)C(=O)OC12CC3(OCCCCCCC4(CC)COC4)CC(OCCCCCCC4(CC)COC4)(CC(OCCCCCCC4(CC)COC4)(C3)C1)C2. The molecule has 0 aromatic rings. The molecule has 0 aromatic carbocycles. The summed E-state index contributed by atoms with van der Waals surface area (Å²) < 4.78 is 44.4. The van der Waals surface area contributed by atoms with Gasteiger partial charge in [-0.25, -0.2) is 4.79 Å². The topological polar surface area (TPSA) is 81.7 Å². The van der Waals surface area contributed by atoms with Crippen LogP contribution in [0, 0.1) is 16.2 Å². The van der Waals surface area contributed by atoms with Gasteiger partial charge in [-0.15, -0.1) is 0 Å². The second kappa shape index (κ2) is 18.9. The summed E-state index contributed by atoms with van der Waals surface area (Å²) in [6, 6.07) is 0. The Morgan fingerprint density at radius 1 is 0.473 bits per heavy atom. The fourth-order valence-corrected chi connectivity index (χ4v) is 11.6. The molecule has 0 amide bonds. The van der Waals surface area contributed by atoms with Crippen LogP contribution in [0.4, 0.5) is 0 Å².